The summed E-state index contributed by atoms with van der Waals surface area (Å²) in [6.07, 6.45) is 5.00. The van der Waals surface area contributed by atoms with Crippen LogP contribution >= 0.6 is 11.6 Å². The molecule has 154 valence electrons. The summed E-state index contributed by atoms with van der Waals surface area (Å²) in [5.74, 6) is 1.48. The van der Waals surface area contributed by atoms with Gasteiger partial charge < -0.3 is 14.8 Å². The SMILES string of the molecule is CCOC(=O)C1CC2CC(CN3C[C@@H](Cl)C[C@H]3C(=O)OCC)CCC2CN1. The van der Waals surface area contributed by atoms with Crippen LogP contribution in [0.15, 0.2) is 0 Å². The summed E-state index contributed by atoms with van der Waals surface area (Å²) in [5.41, 5.74) is 0. The van der Waals surface area contributed by atoms with Gasteiger partial charge in [-0.05, 0) is 70.3 Å². The topological polar surface area (TPSA) is 67.9 Å². The van der Waals surface area contributed by atoms with Crippen molar-refractivity contribution in [1.29, 1.82) is 0 Å². The standard InChI is InChI=1S/C20H33ClN2O4/c1-3-26-19(24)17-8-15-7-13(5-6-14(15)10-22-17)11-23-12-16(21)9-18(23)20(25)27-4-2/h13-18,22H,3-12H2,1-2H3/t13?,14?,15?,16-,17?,18-/m0/s1. The van der Waals surface area contributed by atoms with Gasteiger partial charge in [0.05, 0.1) is 13.2 Å². The van der Waals surface area contributed by atoms with Gasteiger partial charge in [0.2, 0.25) is 0 Å². The number of nitrogens with zero attached hydrogens (tertiary/aromatic N) is 1. The zero-order valence-electron chi connectivity index (χ0n) is 16.5. The molecule has 6 atom stereocenters. The first-order valence-corrected chi connectivity index (χ1v) is 10.9. The third kappa shape index (κ3) is 5.15. The molecule has 1 saturated carbocycles. The van der Waals surface area contributed by atoms with Gasteiger partial charge in [-0.2, -0.15) is 0 Å². The summed E-state index contributed by atoms with van der Waals surface area (Å²) in [4.78, 5) is 26.6. The van der Waals surface area contributed by atoms with Gasteiger partial charge in [-0.1, -0.05) is 0 Å². The highest BCUT2D eigenvalue weighted by Gasteiger charge is 2.41. The maximum absolute atomic E-state index is 12.3. The first-order valence-electron chi connectivity index (χ1n) is 10.5. The molecular weight excluding hydrogens is 368 g/mol. The number of rotatable bonds is 6. The lowest BCUT2D eigenvalue weighted by Crippen LogP contribution is -2.51. The predicted molar refractivity (Wildman–Crippen MR) is 104 cm³/mol. The van der Waals surface area contributed by atoms with Gasteiger partial charge in [-0.3, -0.25) is 14.5 Å². The summed E-state index contributed by atoms with van der Waals surface area (Å²) in [6, 6.07) is -0.373. The highest BCUT2D eigenvalue weighted by Crippen LogP contribution is 2.40. The smallest absolute Gasteiger partial charge is 0.323 e. The van der Waals surface area contributed by atoms with Gasteiger partial charge in [-0.25, -0.2) is 0 Å². The van der Waals surface area contributed by atoms with Crippen LogP contribution in [0.4, 0.5) is 0 Å². The fourth-order valence-electron chi connectivity index (χ4n) is 5.11. The van der Waals surface area contributed by atoms with Crippen molar-refractivity contribution in [2.75, 3.05) is 32.8 Å². The predicted octanol–water partition coefficient (Wildman–Crippen LogP) is 2.19. The fourth-order valence-corrected chi connectivity index (χ4v) is 5.46. The zero-order valence-corrected chi connectivity index (χ0v) is 17.2. The molecule has 2 saturated heterocycles. The van der Waals surface area contributed by atoms with Crippen molar-refractivity contribution in [2.24, 2.45) is 17.8 Å². The Kier molecular flexibility index (Phi) is 7.40. The molecule has 1 aliphatic carbocycles. The van der Waals surface area contributed by atoms with E-state index >= 15 is 0 Å². The second-order valence-corrected chi connectivity index (χ2v) is 8.82. The van der Waals surface area contributed by atoms with E-state index in [9.17, 15) is 9.59 Å². The molecule has 0 bridgehead atoms. The minimum atomic E-state index is -0.203. The lowest BCUT2D eigenvalue weighted by Gasteiger charge is -2.43. The van der Waals surface area contributed by atoms with E-state index in [0.717, 1.165) is 32.5 Å². The molecule has 3 fully saturated rings. The van der Waals surface area contributed by atoms with Crippen molar-refractivity contribution in [3.63, 3.8) is 0 Å². The average molecular weight is 401 g/mol. The van der Waals surface area contributed by atoms with Crippen molar-refractivity contribution in [3.8, 4) is 0 Å². The molecule has 0 amide bonds. The zero-order chi connectivity index (χ0) is 19.4. The second kappa shape index (κ2) is 9.57. The van der Waals surface area contributed by atoms with Gasteiger partial charge in [0.15, 0.2) is 0 Å². The number of esters is 2. The molecule has 1 N–H and O–H groups in total. The molecule has 4 unspecified atom stereocenters. The lowest BCUT2D eigenvalue weighted by molar-refractivity contribution is -0.149. The van der Waals surface area contributed by atoms with Crippen LogP contribution < -0.4 is 5.32 Å². The number of likely N-dealkylation sites (tertiary alicyclic amines) is 1. The maximum atomic E-state index is 12.3. The van der Waals surface area contributed by atoms with Gasteiger partial charge in [-0.15, -0.1) is 11.6 Å². The highest BCUT2D eigenvalue weighted by atomic mass is 35.5. The number of ether oxygens (including phenoxy) is 2. The molecule has 6 nitrogen and oxygen atoms in total. The van der Waals surface area contributed by atoms with Gasteiger partial charge >= 0.3 is 11.9 Å². The number of carbonyl (C=O) groups is 2. The summed E-state index contributed by atoms with van der Waals surface area (Å²) in [7, 11) is 0. The minimum Gasteiger partial charge on any atom is -0.465 e. The van der Waals surface area contributed by atoms with E-state index in [-0.39, 0.29) is 29.4 Å². The summed E-state index contributed by atoms with van der Waals surface area (Å²) < 4.78 is 10.4. The molecule has 3 rings (SSSR count). The van der Waals surface area contributed by atoms with E-state index in [2.05, 4.69) is 10.2 Å². The Balaban J connectivity index is 1.55. The van der Waals surface area contributed by atoms with E-state index in [1.165, 1.54) is 12.8 Å². The molecule has 2 aliphatic heterocycles. The lowest BCUT2D eigenvalue weighted by atomic mass is 9.69. The van der Waals surface area contributed by atoms with Gasteiger partial charge in [0, 0.05) is 18.5 Å². The number of nitrogens with one attached hydrogen (secondary N) is 1. The van der Waals surface area contributed by atoms with Crippen LogP contribution in [0.3, 0.4) is 0 Å². The number of hydrogen-bond donors (Lipinski definition) is 1. The third-order valence-electron chi connectivity index (χ3n) is 6.39. The first kappa shape index (κ1) is 20.9. The van der Waals surface area contributed by atoms with Crippen LogP contribution in [0.5, 0.6) is 0 Å². The Labute approximate surface area is 167 Å². The molecule has 2 heterocycles. The summed E-state index contributed by atoms with van der Waals surface area (Å²) in [5, 5.41) is 3.39. The molecule has 3 aliphatic rings. The molecule has 0 spiro atoms. The number of hydrogen-bond acceptors (Lipinski definition) is 6. The van der Waals surface area contributed by atoms with E-state index in [1.807, 2.05) is 13.8 Å². The van der Waals surface area contributed by atoms with Crippen LogP contribution in [0, 0.1) is 17.8 Å². The van der Waals surface area contributed by atoms with Crippen LogP contribution in [0.1, 0.15) is 46.0 Å². The Morgan fingerprint density at radius 3 is 2.52 bits per heavy atom. The number of alkyl halides is 1. The summed E-state index contributed by atoms with van der Waals surface area (Å²) in [6.45, 7) is 7.08. The maximum Gasteiger partial charge on any atom is 0.323 e. The molecule has 27 heavy (non-hydrogen) atoms. The van der Waals surface area contributed by atoms with E-state index in [0.29, 0.717) is 37.4 Å². The van der Waals surface area contributed by atoms with E-state index < -0.39 is 0 Å². The van der Waals surface area contributed by atoms with Crippen molar-refractivity contribution in [3.05, 3.63) is 0 Å². The second-order valence-electron chi connectivity index (χ2n) is 8.20. The van der Waals surface area contributed by atoms with Crippen LogP contribution in [0.2, 0.25) is 0 Å². The molecular formula is C20H33ClN2O4. The molecule has 0 aromatic heterocycles. The monoisotopic (exact) mass is 400 g/mol. The average Bonchev–Trinajstić information content (AvgIpc) is 3.02. The van der Waals surface area contributed by atoms with Gasteiger partial charge in [0.1, 0.15) is 12.1 Å². The highest BCUT2D eigenvalue weighted by molar-refractivity contribution is 6.21. The Bertz CT molecular complexity index is 532. The summed E-state index contributed by atoms with van der Waals surface area (Å²) >= 11 is 6.35. The van der Waals surface area contributed by atoms with E-state index in [4.69, 9.17) is 21.1 Å². The minimum absolute atomic E-state index is 0.0165. The van der Waals surface area contributed by atoms with Crippen LogP contribution in [-0.4, -0.2) is 67.1 Å². The molecule has 7 heteroatoms. The molecule has 0 radical (unpaired) electrons. The van der Waals surface area contributed by atoms with Crippen molar-refractivity contribution >= 4 is 23.5 Å². The first-order chi connectivity index (χ1) is 13.0. The molecule has 0 aromatic carbocycles. The molecule has 0 aromatic rings. The van der Waals surface area contributed by atoms with Crippen molar-refractivity contribution in [1.82, 2.24) is 10.2 Å². The number of piperidine rings is 1. The quantitative estimate of drug-likeness (QED) is 0.544. The Hall–Kier alpha value is -0.850. The fraction of sp³-hybridized carbons (Fsp3) is 0.900. The van der Waals surface area contributed by atoms with E-state index in [1.54, 1.807) is 0 Å². The normalized spacial score (nSPS) is 36.9. The number of fused-ring (bicyclic) bond motifs is 1. The van der Waals surface area contributed by atoms with Crippen LogP contribution in [-0.2, 0) is 19.1 Å². The number of halogens is 1. The van der Waals surface area contributed by atoms with Crippen molar-refractivity contribution < 1.29 is 19.1 Å². The largest absolute Gasteiger partial charge is 0.465 e. The third-order valence-corrected chi connectivity index (χ3v) is 6.70. The van der Waals surface area contributed by atoms with Crippen molar-refractivity contribution in [2.45, 2.75) is 63.4 Å². The Morgan fingerprint density at radius 1 is 1.04 bits per heavy atom. The Morgan fingerprint density at radius 2 is 1.78 bits per heavy atom. The van der Waals surface area contributed by atoms with Crippen LogP contribution in [0.25, 0.3) is 0 Å². The number of carbonyl (C=O) groups excluding carboxylic acids is 2. The van der Waals surface area contributed by atoms with Gasteiger partial charge in [0.25, 0.3) is 0 Å².